The topological polar surface area (TPSA) is 88.1 Å². The molecule has 1 unspecified atom stereocenters. The molecule has 8 heteroatoms. The van der Waals surface area contributed by atoms with Gasteiger partial charge in [0.1, 0.15) is 11.0 Å². The number of amides is 4. The second-order valence-corrected chi connectivity index (χ2v) is 8.85. The number of carbonyl (C=O) groups excluding carboxylic acids is 3. The lowest BCUT2D eigenvalue weighted by atomic mass is 9.81. The van der Waals surface area contributed by atoms with Crippen molar-refractivity contribution in [3.8, 4) is 5.75 Å². The molecule has 0 spiro atoms. The van der Waals surface area contributed by atoms with Gasteiger partial charge in [-0.2, -0.15) is 4.99 Å². The first-order chi connectivity index (χ1) is 14.6. The first-order valence-corrected chi connectivity index (χ1v) is 11.2. The first-order valence-electron chi connectivity index (χ1n) is 10.2. The van der Waals surface area contributed by atoms with Gasteiger partial charge in [-0.1, -0.05) is 18.2 Å². The summed E-state index contributed by atoms with van der Waals surface area (Å²) in [7, 11) is 1.62. The number of ether oxygens (including phenoxy) is 1. The molecule has 1 N–H and O–H groups in total. The molecule has 2 aliphatic heterocycles. The average molecular weight is 428 g/mol. The number of para-hydroxylation sites is 1. The van der Waals surface area contributed by atoms with Crippen molar-refractivity contribution in [3.63, 3.8) is 0 Å². The fourth-order valence-electron chi connectivity index (χ4n) is 4.24. The van der Waals surface area contributed by atoms with Crippen LogP contribution in [0.3, 0.4) is 0 Å². The van der Waals surface area contributed by atoms with Crippen molar-refractivity contribution < 1.29 is 19.1 Å². The number of urea groups is 1. The summed E-state index contributed by atoms with van der Waals surface area (Å²) in [5.74, 6) is 0.817. The van der Waals surface area contributed by atoms with Crippen LogP contribution in [0.1, 0.15) is 31.2 Å². The number of allylic oxidation sites excluding steroid dienone is 1. The number of benzene rings is 1. The van der Waals surface area contributed by atoms with Gasteiger partial charge in [0.05, 0.1) is 12.8 Å². The van der Waals surface area contributed by atoms with E-state index in [-0.39, 0.29) is 28.9 Å². The van der Waals surface area contributed by atoms with Crippen LogP contribution in [0.4, 0.5) is 4.79 Å². The third kappa shape index (κ3) is 4.28. The fraction of sp³-hybridized carbons (Fsp3) is 0.455. The van der Waals surface area contributed by atoms with Gasteiger partial charge >= 0.3 is 6.03 Å². The number of carbonyl (C=O) groups is 3. The van der Waals surface area contributed by atoms with Crippen LogP contribution in [0, 0.1) is 11.8 Å². The van der Waals surface area contributed by atoms with Gasteiger partial charge < -0.3 is 10.1 Å². The quantitative estimate of drug-likeness (QED) is 0.754. The summed E-state index contributed by atoms with van der Waals surface area (Å²) < 4.78 is 5.33. The lowest BCUT2D eigenvalue weighted by molar-refractivity contribution is -0.129. The van der Waals surface area contributed by atoms with Gasteiger partial charge in [-0.25, -0.2) is 4.79 Å². The molecule has 2 heterocycles. The van der Waals surface area contributed by atoms with Crippen molar-refractivity contribution in [2.45, 2.75) is 37.5 Å². The van der Waals surface area contributed by atoms with Gasteiger partial charge in [0.2, 0.25) is 11.8 Å². The van der Waals surface area contributed by atoms with Crippen molar-refractivity contribution in [3.05, 3.63) is 41.3 Å². The lowest BCUT2D eigenvalue weighted by Gasteiger charge is -2.33. The summed E-state index contributed by atoms with van der Waals surface area (Å²) >= 11 is 1.40. The monoisotopic (exact) mass is 427 g/mol. The smallest absolute Gasteiger partial charge is 0.350 e. The zero-order valence-electron chi connectivity index (χ0n) is 16.9. The predicted octanol–water partition coefficient (Wildman–Crippen LogP) is 3.15. The van der Waals surface area contributed by atoms with Crippen molar-refractivity contribution in [1.29, 1.82) is 0 Å². The highest BCUT2D eigenvalue weighted by molar-refractivity contribution is 8.04. The number of nitrogens with zero attached hydrogens (tertiary/aromatic N) is 2. The molecule has 1 atom stereocenters. The molecule has 0 aromatic heterocycles. The summed E-state index contributed by atoms with van der Waals surface area (Å²) in [6, 6.07) is 7.18. The Bertz CT molecular complexity index is 905. The minimum Gasteiger partial charge on any atom is -0.496 e. The molecular formula is C22H25N3O4S. The maximum absolute atomic E-state index is 12.6. The van der Waals surface area contributed by atoms with Gasteiger partial charge in [-0.15, -0.1) is 11.8 Å². The molecule has 4 amide bonds. The standard InChI is InChI=1S/C22H25N3O4S/c1-29-18-5-3-2-4-16(18)12-23-20(26)15-8-6-14(7-9-15)13-25-21(27)19-17(10-11-30-19)24-22(25)28/h2-5,10-11,14-15,19H,6-9,12-13H2,1H3,(H,23,26). The Kier molecular flexibility index (Phi) is 6.22. The highest BCUT2D eigenvalue weighted by Gasteiger charge is 2.40. The Hall–Kier alpha value is -2.61. The van der Waals surface area contributed by atoms with Crippen LogP contribution in [0.25, 0.3) is 0 Å². The molecule has 3 aliphatic rings. The van der Waals surface area contributed by atoms with Gasteiger partial charge in [0.25, 0.3) is 0 Å². The number of fused-ring (bicyclic) bond motifs is 1. The molecule has 7 nitrogen and oxygen atoms in total. The fourth-order valence-corrected chi connectivity index (χ4v) is 5.13. The van der Waals surface area contributed by atoms with Crippen molar-refractivity contribution in [2.75, 3.05) is 13.7 Å². The number of aliphatic imine (C=N–C) groups is 1. The molecule has 1 aromatic carbocycles. The minimum absolute atomic E-state index is 0.0390. The third-order valence-corrected chi connectivity index (χ3v) is 6.98. The highest BCUT2D eigenvalue weighted by atomic mass is 32.2. The van der Waals surface area contributed by atoms with Crippen LogP contribution in [-0.2, 0) is 16.1 Å². The SMILES string of the molecule is COc1ccccc1CNC(=O)C1CCC(CN2C(=O)N=C3C=CSC3C2=O)CC1. The third-order valence-electron chi connectivity index (χ3n) is 5.97. The van der Waals surface area contributed by atoms with E-state index < -0.39 is 6.03 Å². The van der Waals surface area contributed by atoms with Crippen molar-refractivity contribution in [1.82, 2.24) is 10.2 Å². The van der Waals surface area contributed by atoms with Gasteiger partial charge in [0.15, 0.2) is 0 Å². The predicted molar refractivity (Wildman–Crippen MR) is 115 cm³/mol. The maximum atomic E-state index is 12.6. The van der Waals surface area contributed by atoms with E-state index >= 15 is 0 Å². The van der Waals surface area contributed by atoms with Crippen LogP contribution in [0.15, 0.2) is 40.7 Å². The molecule has 0 radical (unpaired) electrons. The number of thioether (sulfide) groups is 1. The second-order valence-electron chi connectivity index (χ2n) is 7.83. The van der Waals surface area contributed by atoms with Gasteiger partial charge in [-0.05, 0) is 49.2 Å². The normalized spacial score (nSPS) is 25.7. The molecule has 4 rings (SSSR count). The van der Waals surface area contributed by atoms with E-state index in [1.807, 2.05) is 29.7 Å². The van der Waals surface area contributed by atoms with Gasteiger partial charge in [-0.3, -0.25) is 14.5 Å². The van der Waals surface area contributed by atoms with E-state index in [1.165, 1.54) is 16.7 Å². The maximum Gasteiger partial charge on any atom is 0.350 e. The number of hydrogen-bond donors (Lipinski definition) is 1. The molecule has 1 saturated carbocycles. The summed E-state index contributed by atoms with van der Waals surface area (Å²) in [4.78, 5) is 42.8. The van der Waals surface area contributed by atoms with E-state index in [0.29, 0.717) is 18.8 Å². The van der Waals surface area contributed by atoms with Crippen LogP contribution in [0.2, 0.25) is 0 Å². The summed E-state index contributed by atoms with van der Waals surface area (Å²) in [6.45, 7) is 0.827. The zero-order valence-corrected chi connectivity index (χ0v) is 17.7. The number of methoxy groups -OCH3 is 1. The Morgan fingerprint density at radius 2 is 2.00 bits per heavy atom. The molecular weight excluding hydrogens is 402 g/mol. The number of hydrogen-bond acceptors (Lipinski definition) is 5. The largest absolute Gasteiger partial charge is 0.496 e. The first kappa shape index (κ1) is 20.7. The van der Waals surface area contributed by atoms with Crippen LogP contribution >= 0.6 is 11.8 Å². The Balaban J connectivity index is 1.26. The summed E-state index contributed by atoms with van der Waals surface area (Å²) in [6.07, 6.45) is 4.88. The van der Waals surface area contributed by atoms with Crippen LogP contribution in [-0.4, -0.2) is 47.4 Å². The van der Waals surface area contributed by atoms with Crippen LogP contribution < -0.4 is 10.1 Å². The molecule has 1 fully saturated rings. The average Bonchev–Trinajstić information content (AvgIpc) is 3.24. The van der Waals surface area contributed by atoms with E-state index in [0.717, 1.165) is 37.0 Å². The lowest BCUT2D eigenvalue weighted by Crippen LogP contribution is -2.49. The zero-order chi connectivity index (χ0) is 21.1. The number of imide groups is 1. The molecule has 0 saturated heterocycles. The Labute approximate surface area is 179 Å². The Morgan fingerprint density at radius 1 is 1.23 bits per heavy atom. The van der Waals surface area contributed by atoms with E-state index in [4.69, 9.17) is 4.74 Å². The van der Waals surface area contributed by atoms with Crippen molar-refractivity contribution >= 4 is 35.3 Å². The summed E-state index contributed by atoms with van der Waals surface area (Å²) in [5.41, 5.74) is 1.50. The van der Waals surface area contributed by atoms with Crippen LogP contribution in [0.5, 0.6) is 5.75 Å². The van der Waals surface area contributed by atoms with Gasteiger partial charge in [0, 0.05) is 24.6 Å². The van der Waals surface area contributed by atoms with Crippen molar-refractivity contribution in [2.24, 2.45) is 16.8 Å². The summed E-state index contributed by atoms with van der Waals surface area (Å²) in [5, 5.41) is 4.45. The van der Waals surface area contributed by atoms with E-state index in [9.17, 15) is 14.4 Å². The van der Waals surface area contributed by atoms with E-state index in [1.54, 1.807) is 13.2 Å². The molecule has 158 valence electrons. The highest BCUT2D eigenvalue weighted by Crippen LogP contribution is 2.32. The number of rotatable bonds is 6. The molecule has 1 aliphatic carbocycles. The second kappa shape index (κ2) is 9.04. The molecule has 1 aromatic rings. The Morgan fingerprint density at radius 3 is 2.77 bits per heavy atom. The molecule has 30 heavy (non-hydrogen) atoms. The molecule has 0 bridgehead atoms. The van der Waals surface area contributed by atoms with E-state index in [2.05, 4.69) is 10.3 Å². The number of nitrogens with one attached hydrogen (secondary N) is 1. The minimum atomic E-state index is -0.463.